The number of ether oxygens (including phenoxy) is 2. The minimum Gasteiger partial charge on any atom is -0.493 e. The number of hydrogen-bond acceptors (Lipinski definition) is 3. The van der Waals surface area contributed by atoms with Crippen LogP contribution >= 0.6 is 0 Å². The van der Waals surface area contributed by atoms with Gasteiger partial charge < -0.3 is 15.2 Å². The van der Waals surface area contributed by atoms with Crippen LogP contribution in [0.2, 0.25) is 0 Å². The summed E-state index contributed by atoms with van der Waals surface area (Å²) in [5, 5.41) is 0. The first kappa shape index (κ1) is 13.4. The predicted octanol–water partition coefficient (Wildman–Crippen LogP) is 3.06. The lowest BCUT2D eigenvalue weighted by Gasteiger charge is -2.18. The van der Waals surface area contributed by atoms with Crippen LogP contribution in [0.3, 0.4) is 0 Å². The maximum Gasteiger partial charge on any atom is 0.161 e. The zero-order valence-electron chi connectivity index (χ0n) is 11.5. The van der Waals surface area contributed by atoms with E-state index in [2.05, 4.69) is 0 Å². The third-order valence-electron chi connectivity index (χ3n) is 3.27. The van der Waals surface area contributed by atoms with Gasteiger partial charge in [0.25, 0.3) is 0 Å². The molecule has 2 aromatic carbocycles. The second-order valence-corrected chi connectivity index (χ2v) is 4.45. The summed E-state index contributed by atoms with van der Waals surface area (Å²) in [4.78, 5) is 0. The van der Waals surface area contributed by atoms with Crippen molar-refractivity contribution >= 4 is 0 Å². The van der Waals surface area contributed by atoms with Gasteiger partial charge in [0.15, 0.2) is 11.5 Å². The fourth-order valence-electron chi connectivity index (χ4n) is 2.17. The number of hydrogen-bond donors (Lipinski definition) is 1. The van der Waals surface area contributed by atoms with Crippen LogP contribution in [0.5, 0.6) is 11.5 Å². The van der Waals surface area contributed by atoms with Crippen LogP contribution in [0.4, 0.5) is 0 Å². The Kier molecular flexibility index (Phi) is 4.07. The summed E-state index contributed by atoms with van der Waals surface area (Å²) in [7, 11) is 3.26. The third kappa shape index (κ3) is 2.71. The van der Waals surface area contributed by atoms with Crippen molar-refractivity contribution in [1.82, 2.24) is 0 Å². The molecule has 0 saturated carbocycles. The molecule has 0 aliphatic carbocycles. The molecule has 0 aliphatic rings. The highest BCUT2D eigenvalue weighted by atomic mass is 16.5. The van der Waals surface area contributed by atoms with E-state index in [9.17, 15) is 0 Å². The summed E-state index contributed by atoms with van der Waals surface area (Å²) in [5.41, 5.74) is 9.55. The zero-order chi connectivity index (χ0) is 13.8. The highest BCUT2D eigenvalue weighted by Gasteiger charge is 2.15. The van der Waals surface area contributed by atoms with Gasteiger partial charge >= 0.3 is 0 Å². The SMILES string of the molecule is COc1cc(C)c(C(N)c2ccccc2)cc1OC. The first-order valence-corrected chi connectivity index (χ1v) is 6.20. The van der Waals surface area contributed by atoms with Gasteiger partial charge in [0.2, 0.25) is 0 Å². The monoisotopic (exact) mass is 257 g/mol. The molecule has 0 spiro atoms. The Morgan fingerprint density at radius 1 is 0.947 bits per heavy atom. The predicted molar refractivity (Wildman–Crippen MR) is 76.8 cm³/mol. The van der Waals surface area contributed by atoms with Gasteiger partial charge in [0.1, 0.15) is 0 Å². The topological polar surface area (TPSA) is 44.5 Å². The van der Waals surface area contributed by atoms with Crippen molar-refractivity contribution in [3.05, 3.63) is 59.2 Å². The lowest BCUT2D eigenvalue weighted by atomic mass is 9.95. The summed E-state index contributed by atoms with van der Waals surface area (Å²) >= 11 is 0. The van der Waals surface area contributed by atoms with Crippen molar-refractivity contribution in [2.24, 2.45) is 5.73 Å². The van der Waals surface area contributed by atoms with Crippen LogP contribution in [-0.2, 0) is 0 Å². The van der Waals surface area contributed by atoms with E-state index in [-0.39, 0.29) is 6.04 Å². The Balaban J connectivity index is 2.45. The first-order valence-electron chi connectivity index (χ1n) is 6.20. The van der Waals surface area contributed by atoms with E-state index in [1.54, 1.807) is 14.2 Å². The number of benzene rings is 2. The van der Waals surface area contributed by atoms with Crippen molar-refractivity contribution in [2.75, 3.05) is 14.2 Å². The molecule has 0 heterocycles. The third-order valence-corrected chi connectivity index (χ3v) is 3.27. The summed E-state index contributed by atoms with van der Waals surface area (Å²) in [6.45, 7) is 2.03. The average molecular weight is 257 g/mol. The Morgan fingerprint density at radius 3 is 2.11 bits per heavy atom. The molecule has 0 amide bonds. The van der Waals surface area contributed by atoms with E-state index in [1.807, 2.05) is 49.4 Å². The molecular weight excluding hydrogens is 238 g/mol. The van der Waals surface area contributed by atoms with Gasteiger partial charge in [0, 0.05) is 0 Å². The maximum absolute atomic E-state index is 6.34. The summed E-state index contributed by atoms with van der Waals surface area (Å²) in [6.07, 6.45) is 0. The smallest absolute Gasteiger partial charge is 0.161 e. The van der Waals surface area contributed by atoms with Crippen LogP contribution in [0.25, 0.3) is 0 Å². The molecule has 2 rings (SSSR count). The molecule has 0 radical (unpaired) electrons. The molecule has 3 nitrogen and oxygen atoms in total. The van der Waals surface area contributed by atoms with Crippen LogP contribution < -0.4 is 15.2 Å². The number of methoxy groups -OCH3 is 2. The van der Waals surface area contributed by atoms with E-state index >= 15 is 0 Å². The molecule has 3 heteroatoms. The van der Waals surface area contributed by atoms with Gasteiger partial charge in [-0.05, 0) is 35.7 Å². The Labute approximate surface area is 114 Å². The van der Waals surface area contributed by atoms with E-state index in [4.69, 9.17) is 15.2 Å². The highest BCUT2D eigenvalue weighted by Crippen LogP contribution is 2.34. The molecule has 2 N–H and O–H groups in total. The lowest BCUT2D eigenvalue weighted by molar-refractivity contribution is 0.354. The fourth-order valence-corrected chi connectivity index (χ4v) is 2.17. The molecule has 2 aromatic rings. The standard InChI is InChI=1S/C16H19NO2/c1-11-9-14(18-2)15(19-3)10-13(11)16(17)12-7-5-4-6-8-12/h4-10,16H,17H2,1-3H3. The second-order valence-electron chi connectivity index (χ2n) is 4.45. The zero-order valence-corrected chi connectivity index (χ0v) is 11.5. The highest BCUT2D eigenvalue weighted by molar-refractivity contribution is 5.49. The number of nitrogens with two attached hydrogens (primary N) is 1. The molecule has 100 valence electrons. The van der Waals surface area contributed by atoms with Crippen molar-refractivity contribution in [3.63, 3.8) is 0 Å². The quantitative estimate of drug-likeness (QED) is 0.915. The Bertz CT molecular complexity index is 552. The molecule has 0 fully saturated rings. The van der Waals surface area contributed by atoms with Crippen molar-refractivity contribution in [1.29, 1.82) is 0 Å². The molecule has 1 unspecified atom stereocenters. The number of aryl methyl sites for hydroxylation is 1. The molecule has 0 saturated heterocycles. The molecule has 0 bridgehead atoms. The van der Waals surface area contributed by atoms with Crippen molar-refractivity contribution in [3.8, 4) is 11.5 Å². The van der Waals surface area contributed by atoms with Gasteiger partial charge in [-0.25, -0.2) is 0 Å². The number of rotatable bonds is 4. The fraction of sp³-hybridized carbons (Fsp3) is 0.250. The van der Waals surface area contributed by atoms with Gasteiger partial charge in [-0.3, -0.25) is 0 Å². The largest absolute Gasteiger partial charge is 0.493 e. The van der Waals surface area contributed by atoms with Gasteiger partial charge in [-0.2, -0.15) is 0 Å². The summed E-state index contributed by atoms with van der Waals surface area (Å²) in [5.74, 6) is 1.43. The van der Waals surface area contributed by atoms with E-state index < -0.39 is 0 Å². The normalized spacial score (nSPS) is 12.0. The molecule has 1 atom stereocenters. The van der Waals surface area contributed by atoms with Crippen molar-refractivity contribution in [2.45, 2.75) is 13.0 Å². The van der Waals surface area contributed by atoms with Gasteiger partial charge in [-0.15, -0.1) is 0 Å². The van der Waals surface area contributed by atoms with E-state index in [1.165, 1.54) is 0 Å². The van der Waals surface area contributed by atoms with Crippen LogP contribution in [0.1, 0.15) is 22.7 Å². The Morgan fingerprint density at radius 2 is 1.53 bits per heavy atom. The molecular formula is C16H19NO2. The maximum atomic E-state index is 6.34. The summed E-state index contributed by atoms with van der Waals surface area (Å²) < 4.78 is 10.6. The molecule has 0 aliphatic heterocycles. The van der Waals surface area contributed by atoms with Gasteiger partial charge in [-0.1, -0.05) is 30.3 Å². The van der Waals surface area contributed by atoms with Crippen molar-refractivity contribution < 1.29 is 9.47 Å². The lowest BCUT2D eigenvalue weighted by Crippen LogP contribution is -2.13. The van der Waals surface area contributed by atoms with Crippen LogP contribution in [-0.4, -0.2) is 14.2 Å². The minimum absolute atomic E-state index is 0.166. The van der Waals surface area contributed by atoms with Gasteiger partial charge in [0.05, 0.1) is 20.3 Å². The van der Waals surface area contributed by atoms with Crippen LogP contribution in [0, 0.1) is 6.92 Å². The summed E-state index contributed by atoms with van der Waals surface area (Å²) in [6, 6.07) is 13.8. The first-order chi connectivity index (χ1) is 9.17. The van der Waals surface area contributed by atoms with Crippen LogP contribution in [0.15, 0.2) is 42.5 Å². The minimum atomic E-state index is -0.166. The second kappa shape index (κ2) is 5.76. The Hall–Kier alpha value is -2.00. The average Bonchev–Trinajstić information content (AvgIpc) is 2.47. The van der Waals surface area contributed by atoms with E-state index in [0.29, 0.717) is 5.75 Å². The molecule has 0 aromatic heterocycles. The van der Waals surface area contributed by atoms with E-state index in [0.717, 1.165) is 22.4 Å². The molecule has 19 heavy (non-hydrogen) atoms.